The van der Waals surface area contributed by atoms with Crippen molar-refractivity contribution < 1.29 is 127 Å². The summed E-state index contributed by atoms with van der Waals surface area (Å²) in [4.78, 5) is 243. The number of primary amides is 1. The lowest BCUT2D eigenvalue weighted by Gasteiger charge is -2.30. The molecule has 2 aromatic rings. The lowest BCUT2D eigenvalue weighted by atomic mass is 10.0. The number of nitrogens with one attached hydrogen (secondary N) is 13. The van der Waals surface area contributed by atoms with Gasteiger partial charge in [-0.25, -0.2) is 4.79 Å². The summed E-state index contributed by atoms with van der Waals surface area (Å²) >= 11 is 0. The maximum absolute atomic E-state index is 15.3. The fourth-order valence-electron chi connectivity index (χ4n) is 11.0. The number of fused-ring (bicyclic) bond motifs is 20. The van der Waals surface area contributed by atoms with Crippen LogP contribution < -0.4 is 74.9 Å². The highest BCUT2D eigenvalue weighted by molar-refractivity contribution is 8.77. The number of aliphatic hydroxyl groups excluding tert-OH is 5. The number of phenols is 2. The molecule has 0 saturated carbocycles. The minimum atomic E-state index is -2.41. The van der Waals surface area contributed by atoms with Crippen LogP contribution in [0.1, 0.15) is 57.1 Å². The van der Waals surface area contributed by atoms with Gasteiger partial charge in [0.15, 0.2) is 5.78 Å². The van der Waals surface area contributed by atoms with E-state index in [0.717, 1.165) is 11.8 Å². The van der Waals surface area contributed by atoms with Crippen molar-refractivity contribution in [2.24, 2.45) is 5.73 Å². The number of benzene rings is 2. The highest BCUT2D eigenvalue weighted by Crippen LogP contribution is 2.28. The molecule has 6 rings (SSSR count). The number of carbonyl (C=O) groups excluding carboxylic acids is 15. The second-order valence-corrected chi connectivity index (χ2v) is 33.6. The number of Topliss-reactive ketones (excluding diaryl/α,β-unsaturated/α-hetero) is 1. The van der Waals surface area contributed by atoms with Gasteiger partial charge in [-0.3, -0.25) is 82.0 Å². The lowest BCUT2D eigenvalue weighted by molar-refractivity contribution is -0.143. The number of carboxylic acid groups (broad SMARTS) is 2. The second-order valence-electron chi connectivity index (χ2n) is 25.9. The maximum atomic E-state index is 15.3. The topological polar surface area (TPSA) is 658 Å². The number of nitrogens with zero attached hydrogens (tertiary/aromatic N) is 1. The Morgan fingerprint density at radius 1 is 0.580 bits per heavy atom. The first kappa shape index (κ1) is 92.0. The molecule has 616 valence electrons. The van der Waals surface area contributed by atoms with Gasteiger partial charge in [-0.05, 0) is 68.5 Å². The number of aliphatic carboxylic acids is 2. The number of hydrogen-bond acceptors (Lipinski definition) is 31. The number of aromatic hydroxyl groups is 2. The number of nitrogens with two attached hydrogens (primary N) is 1. The molecule has 0 unspecified atom stereocenters. The van der Waals surface area contributed by atoms with Gasteiger partial charge in [-0.2, -0.15) is 0 Å². The summed E-state index contributed by atoms with van der Waals surface area (Å²) in [6.07, 6.45) is -12.0. The van der Waals surface area contributed by atoms with Crippen LogP contribution in [-0.2, 0) is 94.3 Å². The monoisotopic (exact) mass is 1690 g/mol. The Bertz CT molecular complexity index is 3750. The molecule has 4 bridgehead atoms. The molecule has 17 atom stereocenters. The number of ketones is 1. The second kappa shape index (κ2) is 45.1. The Labute approximate surface area is 662 Å². The van der Waals surface area contributed by atoms with Gasteiger partial charge in [-0.1, -0.05) is 89.0 Å². The zero-order chi connectivity index (χ0) is 82.6. The SMILES string of the molecule is C[C@@H]1NC(=O)[C@@H]2CCCN2C(=O)[C@H](CC(N)=O)NC(=O)[C@@H]2CSSC[C@H](NCC(=O)[C@@H](O)[C@H](O)[C@H](O)CO)C(=O)N[C@H]3CSSC[C@H](NC1=O)C(=O)N[C@@H]([C@@H](C)O)C(=O)NCC(=O)N[C@H](C(=O)N[C@@H](Cc1ccc(O)cc1)C(=O)O)CSSC[C@H](NC(=O)[C@H](Cc1ccc(O)cc1)NC(=O)[C@H](CCC(=O)O)NC3=O)C(=O)N2. The standard InChI is InChI=1S/C65H89N15O26S6/c1-28-53(93)75-43-27-112-111-24-40-58(98)71-34(13-14-49(89)90)54(94)72-35(16-30-5-9-32(83)10-6-30)55(95)76-42(26-110-108-23-39(70-48(88)20-68-63(103)50(29(2)82)79-61(43)101)57(97)74-37(65(105)106)17-31-7-11-33(84)12-8-31)60(100)78-41(59(99)73-36(18-47(66)87)64(104)80-15-3-4-44(80)62(102)69-28)25-109-107-22-38(56(96)77-40)67-19-45(85)51(91)52(92)46(86)21-81/h5-12,28-29,34-44,46,50-52,67,81-84,86,91-92H,3-4,13-27H2,1-2H3,(H2,66,87)(H,68,103)(H,69,102)(H,70,88)(H,71,98)(H,72,94)(H,73,99)(H,74,97)(H,75,93)(H,76,95)(H,77,96)(H,78,100)(H,79,101)(H,89,90)(H,105,106)/t28-,29+,34-,35-,36-,37-,38-,39-,40-,41-,42-,43-,44-,46+,50-,51+,52+/m0/s1. The third-order valence-electron chi connectivity index (χ3n) is 17.3. The molecule has 0 aromatic heterocycles. The molecule has 0 spiro atoms. The third kappa shape index (κ3) is 28.9. The molecule has 4 heterocycles. The van der Waals surface area contributed by atoms with Gasteiger partial charge in [0.2, 0.25) is 82.7 Å². The molecule has 24 N–H and O–H groups in total. The van der Waals surface area contributed by atoms with Gasteiger partial charge in [0.1, 0.15) is 102 Å². The molecule has 0 radical (unpaired) electrons. The van der Waals surface area contributed by atoms with Gasteiger partial charge < -0.3 is 120 Å². The Kier molecular flexibility index (Phi) is 37.0. The fourth-order valence-corrected chi connectivity index (χ4v) is 18.0. The predicted molar refractivity (Wildman–Crippen MR) is 405 cm³/mol. The molecule has 2 aromatic carbocycles. The van der Waals surface area contributed by atoms with Crippen LogP contribution in [0, 0.1) is 0 Å². The van der Waals surface area contributed by atoms with Crippen LogP contribution >= 0.6 is 64.8 Å². The van der Waals surface area contributed by atoms with Crippen molar-refractivity contribution in [3.63, 3.8) is 0 Å². The number of carbonyl (C=O) groups is 17. The van der Waals surface area contributed by atoms with Crippen molar-refractivity contribution in [2.45, 2.75) is 162 Å². The first-order valence-electron chi connectivity index (χ1n) is 34.6. The third-order valence-corrected chi connectivity index (χ3v) is 24.6. The van der Waals surface area contributed by atoms with Crippen LogP contribution in [0.25, 0.3) is 0 Å². The molecule has 4 saturated heterocycles. The molecular weight excluding hydrogens is 1600 g/mol. The van der Waals surface area contributed by atoms with Crippen molar-refractivity contribution in [3.8, 4) is 11.5 Å². The van der Waals surface area contributed by atoms with Crippen molar-refractivity contribution in [3.05, 3.63) is 59.7 Å². The van der Waals surface area contributed by atoms with E-state index in [0.29, 0.717) is 70.3 Å². The fraction of sp³-hybridized carbons (Fsp3) is 0.554. The van der Waals surface area contributed by atoms with Crippen LogP contribution in [0.15, 0.2) is 48.5 Å². The van der Waals surface area contributed by atoms with Crippen molar-refractivity contribution >= 4 is 165 Å². The Morgan fingerprint density at radius 3 is 1.63 bits per heavy atom. The smallest absolute Gasteiger partial charge is 0.326 e. The van der Waals surface area contributed by atoms with E-state index in [2.05, 4.69) is 69.1 Å². The van der Waals surface area contributed by atoms with Crippen molar-refractivity contribution in [1.29, 1.82) is 0 Å². The summed E-state index contributed by atoms with van der Waals surface area (Å²) in [6, 6.07) is -13.4. The molecule has 0 aliphatic carbocycles. The molecule has 41 nitrogen and oxygen atoms in total. The van der Waals surface area contributed by atoms with Gasteiger partial charge in [-0.15, -0.1) is 0 Å². The highest BCUT2D eigenvalue weighted by atomic mass is 33.1. The average Bonchev–Trinajstić information content (AvgIpc) is 1.63. The molecule has 4 aliphatic rings. The van der Waals surface area contributed by atoms with Crippen LogP contribution in [0.5, 0.6) is 11.5 Å². The van der Waals surface area contributed by atoms with E-state index in [1.165, 1.54) is 55.5 Å². The zero-order valence-electron chi connectivity index (χ0n) is 59.9. The van der Waals surface area contributed by atoms with E-state index in [1.54, 1.807) is 0 Å². The number of hydrogen-bond donors (Lipinski definition) is 23. The molecule has 47 heteroatoms. The average molecular weight is 1690 g/mol. The van der Waals surface area contributed by atoms with E-state index in [4.69, 9.17) is 5.73 Å². The first-order chi connectivity index (χ1) is 53.0. The zero-order valence-corrected chi connectivity index (χ0v) is 64.8. The minimum Gasteiger partial charge on any atom is -0.508 e. The Hall–Kier alpha value is -8.91. The van der Waals surface area contributed by atoms with E-state index < -0.39 is 283 Å². The maximum Gasteiger partial charge on any atom is 0.326 e. The molecule has 4 aliphatic heterocycles. The van der Waals surface area contributed by atoms with E-state index in [1.807, 2.05) is 0 Å². The quantitative estimate of drug-likeness (QED) is 0.0432. The highest BCUT2D eigenvalue weighted by Gasteiger charge is 2.43. The Morgan fingerprint density at radius 2 is 1.08 bits per heavy atom. The summed E-state index contributed by atoms with van der Waals surface area (Å²) in [6.45, 7) is -1.16. The number of amides is 14. The van der Waals surface area contributed by atoms with E-state index in [-0.39, 0.29) is 42.9 Å². The largest absolute Gasteiger partial charge is 0.508 e. The van der Waals surface area contributed by atoms with E-state index in [9.17, 15) is 113 Å². The lowest BCUT2D eigenvalue weighted by Crippen LogP contribution is -2.62. The van der Waals surface area contributed by atoms with Crippen molar-refractivity contribution in [1.82, 2.24) is 74.0 Å². The van der Waals surface area contributed by atoms with E-state index >= 15 is 14.4 Å². The number of aliphatic hydroxyl groups is 5. The van der Waals surface area contributed by atoms with Gasteiger partial charge in [0.05, 0.1) is 38.3 Å². The van der Waals surface area contributed by atoms with Gasteiger partial charge >= 0.3 is 11.9 Å². The predicted octanol–water partition coefficient (Wildman–Crippen LogP) is -8.66. The summed E-state index contributed by atoms with van der Waals surface area (Å²) in [5.41, 5.74) is 6.19. The normalized spacial score (nSPS) is 26.7. The number of phenolic OH excluding ortho intramolecular Hbond substituents is 2. The van der Waals surface area contributed by atoms with Gasteiger partial charge in [0, 0.05) is 60.3 Å². The Balaban J connectivity index is 1.61. The molecule has 4 fully saturated rings. The van der Waals surface area contributed by atoms with Crippen LogP contribution in [-0.4, -0.2) is 315 Å². The number of carboxylic acids is 2. The summed E-state index contributed by atoms with van der Waals surface area (Å²) < 4.78 is 0. The minimum absolute atomic E-state index is 0.0677. The van der Waals surface area contributed by atoms with Crippen LogP contribution in [0.3, 0.4) is 0 Å². The molecular formula is C65H89N15O26S6. The number of rotatable bonds is 20. The van der Waals surface area contributed by atoms with Gasteiger partial charge in [0.25, 0.3) is 0 Å². The summed E-state index contributed by atoms with van der Waals surface area (Å²) in [7, 11) is 4.12. The van der Waals surface area contributed by atoms with Crippen LogP contribution in [0.2, 0.25) is 0 Å². The molecule has 112 heavy (non-hydrogen) atoms. The summed E-state index contributed by atoms with van der Waals surface area (Å²) in [5, 5.41) is 124. The summed E-state index contributed by atoms with van der Waals surface area (Å²) in [5.74, 6) is -25.1. The molecule has 14 amide bonds. The van der Waals surface area contributed by atoms with Crippen molar-refractivity contribution in [2.75, 3.05) is 60.8 Å². The first-order valence-corrected chi connectivity index (χ1v) is 42.0. The van der Waals surface area contributed by atoms with Crippen LogP contribution in [0.4, 0.5) is 0 Å².